The lowest BCUT2D eigenvalue weighted by molar-refractivity contribution is 0.614. The molecule has 0 radical (unpaired) electrons. The number of nitrogens with one attached hydrogen (secondary N) is 3. The fourth-order valence-corrected chi connectivity index (χ4v) is 1.65. The Balaban J connectivity index is 2.06. The summed E-state index contributed by atoms with van der Waals surface area (Å²) in [5.41, 5.74) is 2.17. The smallest absolute Gasteiger partial charge is 0.195 e. The highest BCUT2D eigenvalue weighted by Crippen LogP contribution is 2.12. The first-order chi connectivity index (χ1) is 9.26. The van der Waals surface area contributed by atoms with Crippen molar-refractivity contribution in [3.8, 4) is 18.4 Å². The van der Waals surface area contributed by atoms with Crippen molar-refractivity contribution in [1.82, 2.24) is 10.6 Å². The van der Waals surface area contributed by atoms with Gasteiger partial charge in [0, 0.05) is 18.9 Å². The second-order valence-corrected chi connectivity index (χ2v) is 3.84. The fourth-order valence-electron chi connectivity index (χ4n) is 1.65. The molecule has 0 aliphatic carbocycles. The number of rotatable bonds is 3. The minimum Gasteiger partial charge on any atom is -0.374 e. The Bertz CT molecular complexity index is 598. The number of hydrogen-bond acceptors (Lipinski definition) is 5. The van der Waals surface area contributed by atoms with E-state index in [9.17, 15) is 0 Å². The van der Waals surface area contributed by atoms with Crippen LogP contribution in [0.5, 0.6) is 0 Å². The third-order valence-electron chi connectivity index (χ3n) is 2.63. The van der Waals surface area contributed by atoms with Gasteiger partial charge in [0.15, 0.2) is 6.29 Å². The van der Waals surface area contributed by atoms with Crippen molar-refractivity contribution in [2.45, 2.75) is 6.29 Å². The SMILES string of the molecule is C#CC1=C(NC)NC(Nc2ccc(C#N)cc2)N=C1. The molecule has 3 N–H and O–H groups in total. The molecule has 1 unspecified atom stereocenters. The van der Waals surface area contributed by atoms with Crippen molar-refractivity contribution in [1.29, 1.82) is 5.26 Å². The molecule has 1 aromatic carbocycles. The van der Waals surface area contributed by atoms with E-state index in [1.54, 1.807) is 25.4 Å². The highest BCUT2D eigenvalue weighted by atomic mass is 15.3. The third kappa shape index (κ3) is 2.85. The second kappa shape index (κ2) is 5.61. The van der Waals surface area contributed by atoms with Crippen LogP contribution < -0.4 is 16.0 Å². The molecule has 0 saturated heterocycles. The van der Waals surface area contributed by atoms with Gasteiger partial charge in [-0.05, 0) is 24.3 Å². The van der Waals surface area contributed by atoms with Gasteiger partial charge in [-0.1, -0.05) is 5.92 Å². The summed E-state index contributed by atoms with van der Waals surface area (Å²) in [4.78, 5) is 4.27. The van der Waals surface area contributed by atoms with Gasteiger partial charge in [-0.25, -0.2) is 4.99 Å². The van der Waals surface area contributed by atoms with Gasteiger partial charge in [0.05, 0.1) is 17.2 Å². The first kappa shape index (κ1) is 12.5. The number of benzene rings is 1. The van der Waals surface area contributed by atoms with Crippen LogP contribution in [-0.4, -0.2) is 19.6 Å². The summed E-state index contributed by atoms with van der Waals surface area (Å²) in [6.45, 7) is 0. The first-order valence-corrected chi connectivity index (χ1v) is 5.72. The zero-order chi connectivity index (χ0) is 13.7. The molecular formula is C14H13N5. The van der Waals surface area contributed by atoms with Crippen LogP contribution in [0, 0.1) is 23.7 Å². The van der Waals surface area contributed by atoms with Gasteiger partial charge < -0.3 is 16.0 Å². The number of allylic oxidation sites excluding steroid dienone is 1. The molecule has 1 aliphatic rings. The molecule has 1 atom stereocenters. The second-order valence-electron chi connectivity index (χ2n) is 3.84. The average Bonchev–Trinajstić information content (AvgIpc) is 2.48. The molecule has 94 valence electrons. The summed E-state index contributed by atoms with van der Waals surface area (Å²) < 4.78 is 0. The summed E-state index contributed by atoms with van der Waals surface area (Å²) in [5, 5.41) is 18.0. The summed E-state index contributed by atoms with van der Waals surface area (Å²) in [5.74, 6) is 3.30. The Morgan fingerprint density at radius 3 is 2.68 bits per heavy atom. The van der Waals surface area contributed by atoms with E-state index in [0.717, 1.165) is 11.5 Å². The lowest BCUT2D eigenvalue weighted by Gasteiger charge is -2.24. The van der Waals surface area contributed by atoms with Crippen LogP contribution in [0.1, 0.15) is 5.56 Å². The van der Waals surface area contributed by atoms with Gasteiger partial charge in [-0.15, -0.1) is 6.42 Å². The van der Waals surface area contributed by atoms with E-state index < -0.39 is 0 Å². The monoisotopic (exact) mass is 251 g/mol. The van der Waals surface area contributed by atoms with Crippen LogP contribution in [0.2, 0.25) is 0 Å². The Morgan fingerprint density at radius 2 is 2.11 bits per heavy atom. The number of nitriles is 1. The molecule has 2 rings (SSSR count). The van der Waals surface area contributed by atoms with E-state index in [-0.39, 0.29) is 6.29 Å². The van der Waals surface area contributed by atoms with E-state index >= 15 is 0 Å². The maximum absolute atomic E-state index is 8.73. The van der Waals surface area contributed by atoms with Crippen LogP contribution in [0.3, 0.4) is 0 Å². The Morgan fingerprint density at radius 1 is 1.37 bits per heavy atom. The normalized spacial score (nSPS) is 17.1. The highest BCUT2D eigenvalue weighted by Gasteiger charge is 2.13. The number of nitrogens with zero attached hydrogens (tertiary/aromatic N) is 2. The van der Waals surface area contributed by atoms with Crippen molar-refractivity contribution >= 4 is 11.9 Å². The molecule has 0 aromatic heterocycles. The van der Waals surface area contributed by atoms with E-state index in [4.69, 9.17) is 11.7 Å². The Hall–Kier alpha value is -2.92. The van der Waals surface area contributed by atoms with Crippen LogP contribution in [0.25, 0.3) is 0 Å². The lowest BCUT2D eigenvalue weighted by Crippen LogP contribution is -2.41. The van der Waals surface area contributed by atoms with E-state index in [2.05, 4.69) is 32.9 Å². The van der Waals surface area contributed by atoms with Crippen molar-refractivity contribution in [3.05, 3.63) is 41.2 Å². The molecule has 0 fully saturated rings. The lowest BCUT2D eigenvalue weighted by atomic mass is 10.2. The molecular weight excluding hydrogens is 238 g/mol. The number of terminal acetylenes is 1. The maximum atomic E-state index is 8.73. The molecule has 1 heterocycles. The Labute approximate surface area is 112 Å². The van der Waals surface area contributed by atoms with Crippen LogP contribution in [0.4, 0.5) is 5.69 Å². The minimum atomic E-state index is -0.299. The van der Waals surface area contributed by atoms with E-state index in [1.165, 1.54) is 0 Å². The van der Waals surface area contributed by atoms with E-state index in [1.807, 2.05) is 12.1 Å². The molecule has 0 amide bonds. The fraction of sp³-hybridized carbons (Fsp3) is 0.143. The van der Waals surface area contributed by atoms with E-state index in [0.29, 0.717) is 11.1 Å². The number of anilines is 1. The summed E-state index contributed by atoms with van der Waals surface area (Å²) in [7, 11) is 1.79. The molecule has 0 bridgehead atoms. The molecule has 1 aromatic rings. The number of hydrogen-bond donors (Lipinski definition) is 3. The first-order valence-electron chi connectivity index (χ1n) is 5.72. The third-order valence-corrected chi connectivity index (χ3v) is 2.63. The van der Waals surface area contributed by atoms with Crippen LogP contribution >= 0.6 is 0 Å². The Kier molecular flexibility index (Phi) is 3.70. The van der Waals surface area contributed by atoms with Gasteiger partial charge >= 0.3 is 0 Å². The van der Waals surface area contributed by atoms with Gasteiger partial charge in [0.2, 0.25) is 0 Å². The molecule has 0 spiro atoms. The van der Waals surface area contributed by atoms with Crippen molar-refractivity contribution in [2.24, 2.45) is 4.99 Å². The zero-order valence-electron chi connectivity index (χ0n) is 10.4. The summed E-state index contributed by atoms with van der Waals surface area (Å²) in [6, 6.07) is 9.23. The number of aliphatic imine (C=N–C) groups is 1. The predicted octanol–water partition coefficient (Wildman–Crippen LogP) is 0.992. The molecule has 0 saturated carbocycles. The van der Waals surface area contributed by atoms with Crippen molar-refractivity contribution in [2.75, 3.05) is 12.4 Å². The molecule has 1 aliphatic heterocycles. The van der Waals surface area contributed by atoms with Crippen molar-refractivity contribution in [3.63, 3.8) is 0 Å². The zero-order valence-corrected chi connectivity index (χ0v) is 10.4. The molecule has 5 nitrogen and oxygen atoms in total. The summed E-state index contributed by atoms with van der Waals surface area (Å²) >= 11 is 0. The average molecular weight is 251 g/mol. The van der Waals surface area contributed by atoms with Gasteiger partial charge in [0.1, 0.15) is 5.82 Å². The maximum Gasteiger partial charge on any atom is 0.195 e. The molecule has 19 heavy (non-hydrogen) atoms. The topological polar surface area (TPSA) is 72.2 Å². The van der Waals surface area contributed by atoms with Gasteiger partial charge in [-0.2, -0.15) is 5.26 Å². The standard InChI is InChI=1S/C14H13N5/c1-3-11-9-17-14(19-13(11)16-2)18-12-6-4-10(8-15)5-7-12/h1,4-7,9,14,16,18-19H,2H3. The minimum absolute atomic E-state index is 0.299. The molecule has 5 heteroatoms. The van der Waals surface area contributed by atoms with Gasteiger partial charge in [-0.3, -0.25) is 0 Å². The van der Waals surface area contributed by atoms with Crippen LogP contribution in [-0.2, 0) is 0 Å². The predicted molar refractivity (Wildman–Crippen MR) is 75.1 cm³/mol. The largest absolute Gasteiger partial charge is 0.374 e. The quantitative estimate of drug-likeness (QED) is 0.701. The highest BCUT2D eigenvalue weighted by molar-refractivity contribution is 5.86. The van der Waals surface area contributed by atoms with Gasteiger partial charge in [0.25, 0.3) is 0 Å². The van der Waals surface area contributed by atoms with Crippen LogP contribution in [0.15, 0.2) is 40.7 Å². The summed E-state index contributed by atoms with van der Waals surface area (Å²) in [6.07, 6.45) is 6.71. The van der Waals surface area contributed by atoms with Crippen molar-refractivity contribution < 1.29 is 0 Å².